The molecule has 20 heavy (non-hydrogen) atoms. The number of nitrogens with one attached hydrogen (secondary N) is 1. The quantitative estimate of drug-likeness (QED) is 0.846. The van der Waals surface area contributed by atoms with E-state index >= 15 is 0 Å². The molecule has 2 aromatic rings. The summed E-state index contributed by atoms with van der Waals surface area (Å²) in [4.78, 5) is 11.2. The van der Waals surface area contributed by atoms with Crippen molar-refractivity contribution in [3.8, 4) is 0 Å². The van der Waals surface area contributed by atoms with Crippen LogP contribution >= 0.6 is 0 Å². The summed E-state index contributed by atoms with van der Waals surface area (Å²) in [6.07, 6.45) is 0.991. The van der Waals surface area contributed by atoms with Crippen molar-refractivity contribution in [1.29, 1.82) is 0 Å². The molecule has 0 fully saturated rings. The van der Waals surface area contributed by atoms with Gasteiger partial charge < -0.3 is 10.1 Å². The van der Waals surface area contributed by atoms with Crippen LogP contribution < -0.4 is 5.32 Å². The van der Waals surface area contributed by atoms with Crippen molar-refractivity contribution in [3.05, 3.63) is 53.2 Å². The molecule has 0 bridgehead atoms. The summed E-state index contributed by atoms with van der Waals surface area (Å²) < 4.78 is 4.57. The highest BCUT2D eigenvalue weighted by molar-refractivity contribution is 5.86. The first-order valence-electron chi connectivity index (χ1n) is 6.47. The van der Waals surface area contributed by atoms with E-state index in [4.69, 9.17) is 0 Å². The number of carbonyl (C=O) groups is 1. The zero-order valence-electron chi connectivity index (χ0n) is 11.6. The smallest absolute Gasteiger partial charge is 0.358 e. The fourth-order valence-electron chi connectivity index (χ4n) is 1.90. The number of aryl methyl sites for hydroxylation is 1. The van der Waals surface area contributed by atoms with Crippen molar-refractivity contribution in [2.75, 3.05) is 12.4 Å². The highest BCUT2D eigenvalue weighted by Gasteiger charge is 2.07. The number of methoxy groups -OCH3 is 1. The molecule has 1 heterocycles. The molecule has 0 radical (unpaired) electrons. The molecule has 104 valence electrons. The van der Waals surface area contributed by atoms with Crippen molar-refractivity contribution in [3.63, 3.8) is 0 Å². The van der Waals surface area contributed by atoms with Gasteiger partial charge in [-0.05, 0) is 29.7 Å². The summed E-state index contributed by atoms with van der Waals surface area (Å²) in [7, 11) is 1.32. The van der Waals surface area contributed by atoms with E-state index in [0.717, 1.165) is 6.42 Å². The fourth-order valence-corrected chi connectivity index (χ4v) is 1.90. The van der Waals surface area contributed by atoms with Crippen LogP contribution in [0.3, 0.4) is 0 Å². The van der Waals surface area contributed by atoms with Crippen LogP contribution in [0.15, 0.2) is 36.4 Å². The first kappa shape index (κ1) is 14.0. The van der Waals surface area contributed by atoms with E-state index in [-0.39, 0.29) is 5.69 Å². The predicted molar refractivity (Wildman–Crippen MR) is 76.5 cm³/mol. The van der Waals surface area contributed by atoms with E-state index in [0.29, 0.717) is 12.4 Å². The van der Waals surface area contributed by atoms with Crippen LogP contribution in [0.25, 0.3) is 0 Å². The van der Waals surface area contributed by atoms with E-state index in [9.17, 15) is 4.79 Å². The molecule has 1 aromatic carbocycles. The van der Waals surface area contributed by atoms with Gasteiger partial charge in [0, 0.05) is 6.54 Å². The minimum atomic E-state index is -0.486. The van der Waals surface area contributed by atoms with Crippen molar-refractivity contribution in [1.82, 2.24) is 10.2 Å². The summed E-state index contributed by atoms with van der Waals surface area (Å²) in [5, 5.41) is 11.0. The molecule has 5 heteroatoms. The minimum absolute atomic E-state index is 0.201. The van der Waals surface area contributed by atoms with E-state index in [1.54, 1.807) is 12.1 Å². The molecule has 0 aliphatic rings. The lowest BCUT2D eigenvalue weighted by Gasteiger charge is -2.09. The second kappa shape index (κ2) is 6.65. The summed E-state index contributed by atoms with van der Waals surface area (Å²) in [6, 6.07) is 11.6. The Morgan fingerprint density at radius 3 is 2.50 bits per heavy atom. The summed E-state index contributed by atoms with van der Waals surface area (Å²) in [5.74, 6) is 0.143. The Bertz CT molecular complexity index is 582. The van der Waals surface area contributed by atoms with Crippen LogP contribution in [0.2, 0.25) is 0 Å². The SMILES string of the molecule is CCc1ccccc1CNc1ccc(C(=O)OC)nn1. The van der Waals surface area contributed by atoms with Crippen LogP contribution in [0.4, 0.5) is 5.82 Å². The molecule has 2 rings (SSSR count). The number of benzene rings is 1. The molecule has 0 saturated carbocycles. The molecule has 0 atom stereocenters. The Morgan fingerprint density at radius 1 is 1.15 bits per heavy atom. The molecule has 0 saturated heterocycles. The van der Waals surface area contributed by atoms with Gasteiger partial charge in [0.25, 0.3) is 0 Å². The van der Waals surface area contributed by atoms with Gasteiger partial charge in [0.05, 0.1) is 7.11 Å². The van der Waals surface area contributed by atoms with Crippen LogP contribution in [0, 0.1) is 0 Å². The molecule has 1 aromatic heterocycles. The van der Waals surface area contributed by atoms with Gasteiger partial charge >= 0.3 is 5.97 Å². The van der Waals surface area contributed by atoms with Crippen LogP contribution in [0.1, 0.15) is 28.5 Å². The van der Waals surface area contributed by atoms with Gasteiger partial charge in [-0.15, -0.1) is 10.2 Å². The third kappa shape index (κ3) is 3.32. The molecular formula is C15H17N3O2. The topological polar surface area (TPSA) is 64.1 Å². The summed E-state index contributed by atoms with van der Waals surface area (Å²) in [5.41, 5.74) is 2.74. The number of nitrogens with zero attached hydrogens (tertiary/aromatic N) is 2. The summed E-state index contributed by atoms with van der Waals surface area (Å²) in [6.45, 7) is 2.81. The lowest BCUT2D eigenvalue weighted by Crippen LogP contribution is -2.08. The Morgan fingerprint density at radius 2 is 1.90 bits per heavy atom. The Kier molecular flexibility index (Phi) is 4.65. The number of esters is 1. The zero-order valence-corrected chi connectivity index (χ0v) is 11.6. The standard InChI is InChI=1S/C15H17N3O2/c1-3-11-6-4-5-7-12(11)10-16-14-9-8-13(17-18-14)15(19)20-2/h4-9H,3,10H2,1-2H3,(H,16,18). The maximum Gasteiger partial charge on any atom is 0.358 e. The lowest BCUT2D eigenvalue weighted by atomic mass is 10.1. The van der Waals surface area contributed by atoms with Gasteiger partial charge in [-0.1, -0.05) is 31.2 Å². The van der Waals surface area contributed by atoms with E-state index in [1.165, 1.54) is 18.2 Å². The Labute approximate surface area is 118 Å². The number of carbonyl (C=O) groups excluding carboxylic acids is 1. The first-order valence-corrected chi connectivity index (χ1v) is 6.47. The predicted octanol–water partition coefficient (Wildman–Crippen LogP) is 2.44. The van der Waals surface area contributed by atoms with E-state index in [2.05, 4.69) is 39.3 Å². The lowest BCUT2D eigenvalue weighted by molar-refractivity contribution is 0.0593. The Balaban J connectivity index is 2.02. The van der Waals surface area contributed by atoms with Crippen LogP contribution in [0.5, 0.6) is 0 Å². The van der Waals surface area contributed by atoms with Crippen molar-refractivity contribution < 1.29 is 9.53 Å². The van der Waals surface area contributed by atoms with E-state index < -0.39 is 5.97 Å². The van der Waals surface area contributed by atoms with Gasteiger partial charge in [0.1, 0.15) is 5.82 Å². The number of aromatic nitrogens is 2. The summed E-state index contributed by atoms with van der Waals surface area (Å²) >= 11 is 0. The third-order valence-electron chi connectivity index (χ3n) is 3.02. The largest absolute Gasteiger partial charge is 0.464 e. The second-order valence-corrected chi connectivity index (χ2v) is 4.27. The van der Waals surface area contributed by atoms with E-state index in [1.807, 2.05) is 12.1 Å². The highest BCUT2D eigenvalue weighted by Crippen LogP contribution is 2.12. The molecule has 0 amide bonds. The number of hydrogen-bond acceptors (Lipinski definition) is 5. The molecular weight excluding hydrogens is 254 g/mol. The zero-order chi connectivity index (χ0) is 14.4. The average Bonchev–Trinajstić information content (AvgIpc) is 2.53. The number of rotatable bonds is 5. The second-order valence-electron chi connectivity index (χ2n) is 4.27. The maximum absolute atomic E-state index is 11.2. The molecule has 0 aliphatic carbocycles. The molecule has 1 N–H and O–H groups in total. The fraction of sp³-hybridized carbons (Fsp3) is 0.267. The van der Waals surface area contributed by atoms with Crippen LogP contribution in [-0.4, -0.2) is 23.3 Å². The van der Waals surface area contributed by atoms with Crippen molar-refractivity contribution in [2.24, 2.45) is 0 Å². The van der Waals surface area contributed by atoms with Gasteiger partial charge in [-0.25, -0.2) is 4.79 Å². The average molecular weight is 271 g/mol. The first-order chi connectivity index (χ1) is 9.74. The molecule has 5 nitrogen and oxygen atoms in total. The molecule has 0 unspecified atom stereocenters. The number of ether oxygens (including phenoxy) is 1. The number of anilines is 1. The van der Waals surface area contributed by atoms with Crippen molar-refractivity contribution in [2.45, 2.75) is 19.9 Å². The highest BCUT2D eigenvalue weighted by atomic mass is 16.5. The minimum Gasteiger partial charge on any atom is -0.464 e. The van der Waals surface area contributed by atoms with Gasteiger partial charge in [0.15, 0.2) is 5.69 Å². The molecule has 0 aliphatic heterocycles. The number of hydrogen-bond donors (Lipinski definition) is 1. The maximum atomic E-state index is 11.2. The van der Waals surface area contributed by atoms with Crippen LogP contribution in [-0.2, 0) is 17.7 Å². The third-order valence-corrected chi connectivity index (χ3v) is 3.02. The molecule has 0 spiro atoms. The normalized spacial score (nSPS) is 10.1. The van der Waals surface area contributed by atoms with Gasteiger partial charge in [-0.3, -0.25) is 0 Å². The van der Waals surface area contributed by atoms with Crippen molar-refractivity contribution >= 4 is 11.8 Å². The Hall–Kier alpha value is -2.43. The van der Waals surface area contributed by atoms with Gasteiger partial charge in [-0.2, -0.15) is 0 Å². The van der Waals surface area contributed by atoms with Gasteiger partial charge in [0.2, 0.25) is 0 Å². The monoisotopic (exact) mass is 271 g/mol.